The molecule has 17 heavy (non-hydrogen) atoms. The topological polar surface area (TPSA) is 64.3 Å². The van der Waals surface area contributed by atoms with E-state index in [2.05, 4.69) is 24.9 Å². The zero-order valence-electron chi connectivity index (χ0n) is 10.1. The number of rotatable bonds is 5. The summed E-state index contributed by atoms with van der Waals surface area (Å²) in [5.74, 6) is 0. The fourth-order valence-corrected chi connectivity index (χ4v) is 1.59. The van der Waals surface area contributed by atoms with E-state index in [0.717, 1.165) is 18.4 Å². The van der Waals surface area contributed by atoms with Crippen molar-refractivity contribution in [2.24, 2.45) is 5.73 Å². The van der Waals surface area contributed by atoms with E-state index in [4.69, 9.17) is 10.5 Å². The Kier molecular flexibility index (Phi) is 6.15. The third-order valence-corrected chi connectivity index (χ3v) is 2.99. The highest BCUT2D eigenvalue weighted by atomic mass is 32.1. The highest BCUT2D eigenvalue weighted by molar-refractivity contribution is 7.81. The summed E-state index contributed by atoms with van der Waals surface area (Å²) in [5.41, 5.74) is 6.72. The monoisotopic (exact) mass is 256 g/mol. The van der Waals surface area contributed by atoms with Crippen molar-refractivity contribution in [2.45, 2.75) is 31.1 Å². The molecule has 96 valence electrons. The molecule has 0 aromatic heterocycles. The van der Waals surface area contributed by atoms with Gasteiger partial charge in [-0.05, 0) is 12.0 Å². The van der Waals surface area contributed by atoms with E-state index >= 15 is 0 Å². The Morgan fingerprint density at radius 1 is 1.65 bits per heavy atom. The predicted octanol–water partition coefficient (Wildman–Crippen LogP) is 1.63. The highest BCUT2D eigenvalue weighted by Gasteiger charge is 2.13. The van der Waals surface area contributed by atoms with Crippen LogP contribution in [0, 0.1) is 0 Å². The number of thiol groups is 1. The first-order chi connectivity index (χ1) is 8.13. The van der Waals surface area contributed by atoms with Crippen LogP contribution in [0.25, 0.3) is 0 Å². The second kappa shape index (κ2) is 7.40. The molecule has 2 unspecified atom stereocenters. The molecule has 2 atom stereocenters. The number of carbonyl (C=O) groups is 1. The molecule has 0 aromatic carbocycles. The quantitative estimate of drug-likeness (QED) is 0.517. The zero-order chi connectivity index (χ0) is 12.7. The van der Waals surface area contributed by atoms with Crippen LogP contribution in [0.1, 0.15) is 19.8 Å². The van der Waals surface area contributed by atoms with Crippen LogP contribution in [-0.2, 0) is 4.74 Å². The second-order valence-electron chi connectivity index (χ2n) is 4.03. The van der Waals surface area contributed by atoms with Crippen LogP contribution in [-0.4, -0.2) is 30.5 Å². The average Bonchev–Trinajstić information content (AvgIpc) is 2.31. The van der Waals surface area contributed by atoms with E-state index in [1.165, 1.54) is 0 Å². The van der Waals surface area contributed by atoms with E-state index < -0.39 is 0 Å². The van der Waals surface area contributed by atoms with Gasteiger partial charge in [-0.25, -0.2) is 4.79 Å². The van der Waals surface area contributed by atoms with Crippen LogP contribution >= 0.6 is 12.6 Å². The molecular formula is C12H20N2O2S. The van der Waals surface area contributed by atoms with Gasteiger partial charge in [-0.2, -0.15) is 12.6 Å². The van der Waals surface area contributed by atoms with Crippen molar-refractivity contribution in [3.05, 3.63) is 23.8 Å². The molecule has 3 N–H and O–H groups in total. The van der Waals surface area contributed by atoms with Gasteiger partial charge in [0, 0.05) is 17.8 Å². The minimum absolute atomic E-state index is 0.0390. The molecule has 1 rings (SSSR count). The number of unbranched alkanes of at least 4 members (excludes halogenated alkanes) is 1. The lowest BCUT2D eigenvalue weighted by Gasteiger charge is -2.18. The largest absolute Gasteiger partial charge is 0.445 e. The van der Waals surface area contributed by atoms with E-state index in [1.54, 1.807) is 0 Å². The standard InChI is InChI=1S/C12H20N2O2S/c1-2-3-6-14-12(15)16-8-9-4-5-11(17)10(13)7-9/h4-5,7,10-11,17H,2-3,6,8,13H2,1H3,(H,14,15). The first-order valence-electron chi connectivity index (χ1n) is 5.86. The van der Waals surface area contributed by atoms with Gasteiger partial charge in [-0.1, -0.05) is 31.6 Å². The minimum Gasteiger partial charge on any atom is -0.445 e. The first-order valence-corrected chi connectivity index (χ1v) is 6.38. The number of amides is 1. The maximum atomic E-state index is 11.3. The van der Waals surface area contributed by atoms with Crippen molar-refractivity contribution in [1.29, 1.82) is 0 Å². The maximum absolute atomic E-state index is 11.3. The average molecular weight is 256 g/mol. The van der Waals surface area contributed by atoms with Gasteiger partial charge in [-0.3, -0.25) is 0 Å². The maximum Gasteiger partial charge on any atom is 0.407 e. The van der Waals surface area contributed by atoms with Crippen LogP contribution in [0.5, 0.6) is 0 Å². The van der Waals surface area contributed by atoms with E-state index in [0.29, 0.717) is 6.54 Å². The molecule has 0 bridgehead atoms. The Balaban J connectivity index is 2.24. The smallest absolute Gasteiger partial charge is 0.407 e. The molecule has 1 amide bonds. The third-order valence-electron chi connectivity index (χ3n) is 2.48. The summed E-state index contributed by atoms with van der Waals surface area (Å²) in [6.07, 6.45) is 7.30. The molecule has 4 nitrogen and oxygen atoms in total. The summed E-state index contributed by atoms with van der Waals surface area (Å²) < 4.78 is 5.06. The zero-order valence-corrected chi connectivity index (χ0v) is 11.0. The molecule has 0 fully saturated rings. The summed E-state index contributed by atoms with van der Waals surface area (Å²) in [5, 5.41) is 2.72. The number of carbonyl (C=O) groups excluding carboxylic acids is 1. The number of hydrogen-bond donors (Lipinski definition) is 3. The van der Waals surface area contributed by atoms with Crippen LogP contribution in [0.2, 0.25) is 0 Å². The molecule has 0 saturated carbocycles. The second-order valence-corrected chi connectivity index (χ2v) is 4.62. The number of nitrogens with two attached hydrogens (primary N) is 1. The lowest BCUT2D eigenvalue weighted by molar-refractivity contribution is 0.156. The molecule has 5 heteroatoms. The first kappa shape index (κ1) is 14.1. The molecule has 0 heterocycles. The minimum atomic E-state index is -0.380. The van der Waals surface area contributed by atoms with Crippen LogP contribution in [0.4, 0.5) is 4.79 Å². The van der Waals surface area contributed by atoms with Gasteiger partial charge in [0.1, 0.15) is 6.61 Å². The van der Waals surface area contributed by atoms with E-state index in [9.17, 15) is 4.79 Å². The van der Waals surface area contributed by atoms with Gasteiger partial charge in [0.15, 0.2) is 0 Å². The Hall–Kier alpha value is -0.940. The number of nitrogens with one attached hydrogen (secondary N) is 1. The normalized spacial score (nSPS) is 23.1. The van der Waals surface area contributed by atoms with Gasteiger partial charge in [0.2, 0.25) is 0 Å². The fourth-order valence-electron chi connectivity index (χ4n) is 1.42. The van der Waals surface area contributed by atoms with E-state index in [1.807, 2.05) is 18.2 Å². The Morgan fingerprint density at radius 3 is 3.06 bits per heavy atom. The van der Waals surface area contributed by atoms with Crippen molar-refractivity contribution < 1.29 is 9.53 Å². The molecule has 0 spiro atoms. The number of ether oxygens (including phenoxy) is 1. The number of hydrogen-bond acceptors (Lipinski definition) is 4. The Bertz CT molecular complexity index is 316. The van der Waals surface area contributed by atoms with Gasteiger partial charge in [-0.15, -0.1) is 0 Å². The highest BCUT2D eigenvalue weighted by Crippen LogP contribution is 2.14. The van der Waals surface area contributed by atoms with E-state index in [-0.39, 0.29) is 24.0 Å². The van der Waals surface area contributed by atoms with Crippen molar-refractivity contribution in [3.8, 4) is 0 Å². The molecule has 0 aromatic rings. The summed E-state index contributed by atoms with van der Waals surface area (Å²) in [6, 6.07) is -0.120. The summed E-state index contributed by atoms with van der Waals surface area (Å²) in [7, 11) is 0. The Labute approximate surface area is 108 Å². The van der Waals surface area contributed by atoms with Gasteiger partial charge >= 0.3 is 6.09 Å². The fraction of sp³-hybridized carbons (Fsp3) is 0.583. The van der Waals surface area contributed by atoms with Crippen molar-refractivity contribution in [3.63, 3.8) is 0 Å². The summed E-state index contributed by atoms with van der Waals surface area (Å²) in [6.45, 7) is 2.98. The summed E-state index contributed by atoms with van der Waals surface area (Å²) in [4.78, 5) is 11.3. The predicted molar refractivity (Wildman–Crippen MR) is 72.2 cm³/mol. The molecular weight excluding hydrogens is 236 g/mol. The Morgan fingerprint density at radius 2 is 2.41 bits per heavy atom. The summed E-state index contributed by atoms with van der Waals surface area (Å²) >= 11 is 4.29. The van der Waals surface area contributed by atoms with Crippen LogP contribution < -0.4 is 11.1 Å². The lowest BCUT2D eigenvalue weighted by Crippen LogP contribution is -2.31. The lowest BCUT2D eigenvalue weighted by atomic mass is 10.0. The van der Waals surface area contributed by atoms with Gasteiger partial charge in [0.05, 0.1) is 0 Å². The molecule has 0 radical (unpaired) electrons. The van der Waals surface area contributed by atoms with Crippen molar-refractivity contribution in [2.75, 3.05) is 13.2 Å². The third kappa shape index (κ3) is 5.28. The number of alkyl carbamates (subject to hydrolysis) is 1. The van der Waals surface area contributed by atoms with Gasteiger partial charge in [0.25, 0.3) is 0 Å². The molecule has 0 aliphatic heterocycles. The molecule has 1 aliphatic rings. The van der Waals surface area contributed by atoms with Crippen molar-refractivity contribution >= 4 is 18.7 Å². The SMILES string of the molecule is CCCCNC(=O)OCC1=CC(N)C(S)C=C1. The van der Waals surface area contributed by atoms with Gasteiger partial charge < -0.3 is 15.8 Å². The van der Waals surface area contributed by atoms with Crippen LogP contribution in [0.15, 0.2) is 23.8 Å². The van der Waals surface area contributed by atoms with Crippen LogP contribution in [0.3, 0.4) is 0 Å². The molecule has 1 aliphatic carbocycles. The van der Waals surface area contributed by atoms with Crippen molar-refractivity contribution in [1.82, 2.24) is 5.32 Å². The molecule has 0 saturated heterocycles.